The summed E-state index contributed by atoms with van der Waals surface area (Å²) in [5, 5.41) is 14.1. The van der Waals surface area contributed by atoms with Gasteiger partial charge in [0.25, 0.3) is 0 Å². The van der Waals surface area contributed by atoms with Gasteiger partial charge in [0.1, 0.15) is 17.2 Å². The van der Waals surface area contributed by atoms with Gasteiger partial charge in [-0.05, 0) is 40.0 Å². The van der Waals surface area contributed by atoms with Gasteiger partial charge >= 0.3 is 6.09 Å². The van der Waals surface area contributed by atoms with E-state index in [1.165, 1.54) is 0 Å². The summed E-state index contributed by atoms with van der Waals surface area (Å²) >= 11 is 0. The van der Waals surface area contributed by atoms with Crippen LogP contribution in [-0.4, -0.2) is 58.1 Å². The van der Waals surface area contributed by atoms with Gasteiger partial charge in [-0.3, -0.25) is 4.99 Å². The van der Waals surface area contributed by atoms with Gasteiger partial charge < -0.3 is 20.7 Å². The highest BCUT2D eigenvalue weighted by Crippen LogP contribution is 2.13. The molecule has 158 valence electrons. The molecule has 2 unspecified atom stereocenters. The van der Waals surface area contributed by atoms with Crippen LogP contribution in [0.1, 0.15) is 52.7 Å². The van der Waals surface area contributed by atoms with Crippen molar-refractivity contribution in [1.29, 1.82) is 0 Å². The number of nitrogens with one attached hydrogen (secondary N) is 3. The number of nitrogens with zero attached hydrogens (tertiary/aromatic N) is 4. The Morgan fingerprint density at radius 3 is 2.71 bits per heavy atom. The highest BCUT2D eigenvalue weighted by atomic mass is 16.6. The second-order valence-electron chi connectivity index (χ2n) is 8.59. The Hall–Kier alpha value is -2.32. The zero-order valence-electron chi connectivity index (χ0n) is 18.2. The van der Waals surface area contributed by atoms with Crippen LogP contribution in [0.2, 0.25) is 0 Å². The van der Waals surface area contributed by atoms with E-state index < -0.39 is 11.7 Å². The van der Waals surface area contributed by atoms with Crippen LogP contribution in [0.5, 0.6) is 0 Å². The number of aromatic nitrogens is 3. The predicted octanol–water partition coefficient (Wildman–Crippen LogP) is 1.62. The summed E-state index contributed by atoms with van der Waals surface area (Å²) < 4.78 is 7.33. The normalized spacial score (nSPS) is 18.4. The number of amides is 1. The summed E-state index contributed by atoms with van der Waals surface area (Å²) in [4.78, 5) is 20.9. The molecule has 0 bridgehead atoms. The number of guanidine groups is 1. The molecule has 0 saturated carbocycles. The second kappa shape index (κ2) is 9.25. The molecule has 1 aliphatic rings. The van der Waals surface area contributed by atoms with Crippen LogP contribution in [0, 0.1) is 12.8 Å². The largest absolute Gasteiger partial charge is 0.444 e. The highest BCUT2D eigenvalue weighted by molar-refractivity contribution is 5.80. The first-order valence-electron chi connectivity index (χ1n) is 9.94. The van der Waals surface area contributed by atoms with Crippen molar-refractivity contribution in [3.8, 4) is 0 Å². The van der Waals surface area contributed by atoms with Crippen LogP contribution in [0.4, 0.5) is 4.79 Å². The third kappa shape index (κ3) is 6.69. The Balaban J connectivity index is 1.86. The first kappa shape index (κ1) is 22.0. The van der Waals surface area contributed by atoms with E-state index in [4.69, 9.17) is 4.74 Å². The van der Waals surface area contributed by atoms with E-state index in [1.807, 2.05) is 32.4 Å². The van der Waals surface area contributed by atoms with Crippen molar-refractivity contribution in [2.45, 2.75) is 78.6 Å². The second-order valence-corrected chi connectivity index (χ2v) is 8.59. The van der Waals surface area contributed by atoms with Gasteiger partial charge in [0.05, 0.1) is 12.6 Å². The molecule has 9 nitrogen and oxygen atoms in total. The van der Waals surface area contributed by atoms with Gasteiger partial charge in [-0.1, -0.05) is 13.8 Å². The number of aliphatic imine (C=N–C) groups is 1. The third-order valence-electron chi connectivity index (χ3n) is 4.52. The van der Waals surface area contributed by atoms with E-state index in [0.717, 1.165) is 31.0 Å². The molecule has 1 aromatic heterocycles. The molecule has 9 heteroatoms. The summed E-state index contributed by atoms with van der Waals surface area (Å²) in [7, 11) is 1.74. The number of hydrogen-bond acceptors (Lipinski definition) is 5. The summed E-state index contributed by atoms with van der Waals surface area (Å²) in [6.45, 7) is 12.9. The van der Waals surface area contributed by atoms with Crippen LogP contribution < -0.4 is 16.0 Å². The molecule has 1 amide bonds. The molecular weight excluding hydrogens is 358 g/mol. The fraction of sp³-hybridized carbons (Fsp3) is 0.789. The minimum Gasteiger partial charge on any atom is -0.444 e. The minimum atomic E-state index is -0.518. The standard InChI is InChI=1S/C19H35N7O2/c1-12(2)15(24-18(27)28-19(4,5)6)10-21-17(20-7)23-14-8-9-16-22-13(3)25-26(16)11-14/h12,14-15H,8-11H2,1-7H3,(H,24,27)(H2,20,21,23). The third-order valence-corrected chi connectivity index (χ3v) is 4.52. The van der Waals surface area contributed by atoms with E-state index in [0.29, 0.717) is 12.5 Å². The zero-order chi connectivity index (χ0) is 20.9. The quantitative estimate of drug-likeness (QED) is 0.518. The van der Waals surface area contributed by atoms with E-state index in [2.05, 4.69) is 44.9 Å². The maximum atomic E-state index is 12.1. The summed E-state index contributed by atoms with van der Waals surface area (Å²) in [5.41, 5.74) is -0.518. The molecule has 2 atom stereocenters. The molecule has 1 aromatic rings. The van der Waals surface area contributed by atoms with E-state index in [-0.39, 0.29) is 18.0 Å². The highest BCUT2D eigenvalue weighted by Gasteiger charge is 2.24. The molecule has 0 saturated heterocycles. The molecule has 0 spiro atoms. The molecule has 3 N–H and O–H groups in total. The Morgan fingerprint density at radius 1 is 1.39 bits per heavy atom. The van der Waals surface area contributed by atoms with Crippen molar-refractivity contribution >= 4 is 12.1 Å². The first-order valence-corrected chi connectivity index (χ1v) is 9.94. The predicted molar refractivity (Wildman–Crippen MR) is 109 cm³/mol. The van der Waals surface area contributed by atoms with Gasteiger partial charge in [-0.25, -0.2) is 14.5 Å². The molecule has 2 heterocycles. The first-order chi connectivity index (χ1) is 13.1. The zero-order valence-corrected chi connectivity index (χ0v) is 18.2. The number of alkyl carbamates (subject to hydrolysis) is 1. The van der Waals surface area contributed by atoms with E-state index >= 15 is 0 Å². The van der Waals surface area contributed by atoms with Crippen molar-refractivity contribution in [1.82, 2.24) is 30.7 Å². The van der Waals surface area contributed by atoms with Crippen LogP contribution in [0.15, 0.2) is 4.99 Å². The molecule has 0 aliphatic carbocycles. The molecule has 2 rings (SSSR count). The van der Waals surface area contributed by atoms with Gasteiger partial charge in [0.2, 0.25) is 0 Å². The van der Waals surface area contributed by atoms with Crippen molar-refractivity contribution in [3.05, 3.63) is 11.6 Å². The maximum absolute atomic E-state index is 12.1. The number of carbonyl (C=O) groups excluding carboxylic acids is 1. The van der Waals surface area contributed by atoms with Gasteiger partial charge in [0.15, 0.2) is 5.96 Å². The summed E-state index contributed by atoms with van der Waals surface area (Å²) in [6.07, 6.45) is 1.46. The number of rotatable bonds is 5. The lowest BCUT2D eigenvalue weighted by Crippen LogP contribution is -2.52. The molecule has 1 aliphatic heterocycles. The van der Waals surface area contributed by atoms with Crippen molar-refractivity contribution in [2.75, 3.05) is 13.6 Å². The number of fused-ring (bicyclic) bond motifs is 1. The fourth-order valence-electron chi connectivity index (χ4n) is 3.06. The SMILES string of the molecule is CN=C(NCC(NC(=O)OC(C)(C)C)C(C)C)NC1CCc2nc(C)nn2C1. The number of aryl methyl sites for hydroxylation is 2. The average Bonchev–Trinajstić information content (AvgIpc) is 2.94. The lowest BCUT2D eigenvalue weighted by atomic mass is 10.0. The van der Waals surface area contributed by atoms with Crippen LogP contribution >= 0.6 is 0 Å². The van der Waals surface area contributed by atoms with Crippen molar-refractivity contribution in [3.63, 3.8) is 0 Å². The van der Waals surface area contributed by atoms with Crippen LogP contribution in [-0.2, 0) is 17.7 Å². The van der Waals surface area contributed by atoms with Gasteiger partial charge in [-0.2, -0.15) is 5.10 Å². The van der Waals surface area contributed by atoms with Gasteiger partial charge in [-0.15, -0.1) is 0 Å². The lowest BCUT2D eigenvalue weighted by Gasteiger charge is -2.28. The summed E-state index contributed by atoms with van der Waals surface area (Å²) in [5.74, 6) is 2.81. The number of carbonyl (C=O) groups is 1. The smallest absolute Gasteiger partial charge is 0.407 e. The monoisotopic (exact) mass is 393 g/mol. The Labute approximate surface area is 167 Å². The van der Waals surface area contributed by atoms with E-state index in [9.17, 15) is 4.79 Å². The van der Waals surface area contributed by atoms with Crippen molar-refractivity contribution in [2.24, 2.45) is 10.9 Å². The Morgan fingerprint density at radius 2 is 2.11 bits per heavy atom. The molecule has 0 fully saturated rings. The number of ether oxygens (including phenoxy) is 1. The number of hydrogen-bond donors (Lipinski definition) is 3. The Kier molecular flexibility index (Phi) is 7.26. The topological polar surface area (TPSA) is 105 Å². The fourth-order valence-corrected chi connectivity index (χ4v) is 3.06. The van der Waals surface area contributed by atoms with Gasteiger partial charge in [0, 0.05) is 26.1 Å². The van der Waals surface area contributed by atoms with E-state index in [1.54, 1.807) is 7.05 Å². The van der Waals surface area contributed by atoms with Crippen molar-refractivity contribution < 1.29 is 9.53 Å². The lowest BCUT2D eigenvalue weighted by molar-refractivity contribution is 0.0491. The minimum absolute atomic E-state index is 0.0793. The average molecular weight is 394 g/mol. The summed E-state index contributed by atoms with van der Waals surface area (Å²) in [6, 6.07) is 0.153. The Bertz CT molecular complexity index is 691. The maximum Gasteiger partial charge on any atom is 0.407 e. The molecular formula is C19H35N7O2. The van der Waals surface area contributed by atoms with Crippen LogP contribution in [0.3, 0.4) is 0 Å². The molecule has 28 heavy (non-hydrogen) atoms. The molecule has 0 radical (unpaired) electrons. The van der Waals surface area contributed by atoms with Crippen LogP contribution in [0.25, 0.3) is 0 Å². The molecule has 0 aromatic carbocycles.